The van der Waals surface area contributed by atoms with Gasteiger partial charge in [-0.2, -0.15) is 8.42 Å². The van der Waals surface area contributed by atoms with Gasteiger partial charge in [0.2, 0.25) is 0 Å². The number of carbonyl (C=O) groups is 1. The summed E-state index contributed by atoms with van der Waals surface area (Å²) >= 11 is 2.14. The average Bonchev–Trinajstić information content (AvgIpc) is 3.38. The third kappa shape index (κ3) is 5.50. The van der Waals surface area contributed by atoms with Crippen molar-refractivity contribution in [3.63, 3.8) is 0 Å². The van der Waals surface area contributed by atoms with E-state index in [1.165, 1.54) is 11.0 Å². The number of rotatable bonds is 9. The lowest BCUT2D eigenvalue weighted by atomic mass is 10.2. The molecule has 1 aromatic carbocycles. The molecule has 0 aliphatic carbocycles. The van der Waals surface area contributed by atoms with Crippen LogP contribution in [0.4, 0.5) is 0 Å². The van der Waals surface area contributed by atoms with Crippen molar-refractivity contribution in [1.29, 1.82) is 0 Å². The van der Waals surface area contributed by atoms with Crippen molar-refractivity contribution in [1.82, 2.24) is 4.90 Å². The van der Waals surface area contributed by atoms with E-state index < -0.39 is 10.0 Å². The highest BCUT2D eigenvalue weighted by atomic mass is 32.2. The second-order valence-electron chi connectivity index (χ2n) is 6.55. The second kappa shape index (κ2) is 10.3. The number of amides is 1. The number of nitrogens with zero attached hydrogens (tertiary/aromatic N) is 2. The number of unbranched alkanes of at least 4 members (excludes halogenated alkanes) is 1. The van der Waals surface area contributed by atoms with E-state index in [0.717, 1.165) is 41.5 Å². The van der Waals surface area contributed by atoms with Gasteiger partial charge in [0.1, 0.15) is 4.21 Å². The van der Waals surface area contributed by atoms with Gasteiger partial charge in [-0.1, -0.05) is 25.5 Å². The van der Waals surface area contributed by atoms with Gasteiger partial charge in [0.05, 0.1) is 18.6 Å². The van der Waals surface area contributed by atoms with Crippen LogP contribution < -0.4 is 9.47 Å². The molecule has 1 aromatic heterocycles. The van der Waals surface area contributed by atoms with Gasteiger partial charge in [-0.25, -0.2) is 0 Å². The fourth-order valence-electron chi connectivity index (χ4n) is 2.79. The third-order valence-electron chi connectivity index (χ3n) is 4.39. The molecule has 2 aromatic rings. The first-order valence-corrected chi connectivity index (χ1v) is 12.9. The number of benzene rings is 1. The molecule has 166 valence electrons. The highest BCUT2D eigenvalue weighted by molar-refractivity contribution is 8.19. The van der Waals surface area contributed by atoms with Crippen LogP contribution in [0.1, 0.15) is 32.3 Å². The summed E-state index contributed by atoms with van der Waals surface area (Å²) in [6, 6.07) is 8.56. The Kier molecular flexibility index (Phi) is 7.79. The highest BCUT2D eigenvalue weighted by Gasteiger charge is 2.34. The summed E-state index contributed by atoms with van der Waals surface area (Å²) in [6.45, 7) is 4.75. The summed E-state index contributed by atoms with van der Waals surface area (Å²) in [4.78, 5) is 14.6. The molecule has 3 rings (SSSR count). The number of amidine groups is 1. The van der Waals surface area contributed by atoms with E-state index in [-0.39, 0.29) is 15.3 Å². The molecule has 0 unspecified atom stereocenters. The van der Waals surface area contributed by atoms with Crippen molar-refractivity contribution in [2.45, 2.75) is 30.9 Å². The van der Waals surface area contributed by atoms with Crippen molar-refractivity contribution in [2.24, 2.45) is 4.40 Å². The van der Waals surface area contributed by atoms with E-state index >= 15 is 0 Å². The highest BCUT2D eigenvalue weighted by Crippen LogP contribution is 2.35. The van der Waals surface area contributed by atoms with E-state index in [1.54, 1.807) is 37.6 Å². The van der Waals surface area contributed by atoms with Crippen LogP contribution in [0.15, 0.2) is 49.2 Å². The van der Waals surface area contributed by atoms with Gasteiger partial charge in [0, 0.05) is 6.54 Å². The molecule has 0 bridgehead atoms. The lowest BCUT2D eigenvalue weighted by molar-refractivity contribution is -0.122. The van der Waals surface area contributed by atoms with Crippen LogP contribution in [-0.2, 0) is 14.8 Å². The smallest absolute Gasteiger partial charge is 0.294 e. The molecule has 2 heterocycles. The maximum atomic E-state index is 12.9. The Bertz CT molecular complexity index is 1090. The molecule has 1 fully saturated rings. The first-order valence-electron chi connectivity index (χ1n) is 9.80. The monoisotopic (exact) mass is 480 g/mol. The number of ether oxygens (including phenoxy) is 2. The SMILES string of the molecule is CCCCOc1cc(C=C2SC(=NS(=O)(=O)c3cccs3)N(CC)C2=O)ccc1OC. The van der Waals surface area contributed by atoms with Crippen molar-refractivity contribution in [3.05, 3.63) is 46.2 Å². The molecule has 1 aliphatic heterocycles. The minimum atomic E-state index is -3.86. The molecule has 0 atom stereocenters. The van der Waals surface area contributed by atoms with E-state index in [0.29, 0.717) is 29.6 Å². The van der Waals surface area contributed by atoms with Crippen LogP contribution in [0.5, 0.6) is 11.5 Å². The minimum absolute atomic E-state index is 0.144. The van der Waals surface area contributed by atoms with E-state index in [1.807, 2.05) is 12.1 Å². The topological polar surface area (TPSA) is 85.3 Å². The zero-order valence-corrected chi connectivity index (χ0v) is 20.0. The number of likely N-dealkylation sites (N-methyl/N-ethyl adjacent to an activating group) is 1. The van der Waals surface area contributed by atoms with Gasteiger partial charge < -0.3 is 9.47 Å². The number of thioether (sulfide) groups is 1. The Hall–Kier alpha value is -2.30. The van der Waals surface area contributed by atoms with Gasteiger partial charge in [-0.15, -0.1) is 15.7 Å². The van der Waals surface area contributed by atoms with Crippen molar-refractivity contribution < 1.29 is 22.7 Å². The Labute approximate surface area is 190 Å². The number of hydrogen-bond acceptors (Lipinski definition) is 7. The van der Waals surface area contributed by atoms with E-state index in [4.69, 9.17) is 9.47 Å². The molecule has 0 spiro atoms. The Morgan fingerprint density at radius 1 is 1.19 bits per heavy atom. The lowest BCUT2D eigenvalue weighted by Crippen LogP contribution is -2.29. The summed E-state index contributed by atoms with van der Waals surface area (Å²) in [7, 11) is -2.29. The van der Waals surface area contributed by atoms with Crippen molar-refractivity contribution >= 4 is 50.3 Å². The Morgan fingerprint density at radius 2 is 2.00 bits per heavy atom. The summed E-state index contributed by atoms with van der Waals surface area (Å²) in [5.74, 6) is 0.933. The lowest BCUT2D eigenvalue weighted by Gasteiger charge is -2.12. The number of carbonyl (C=O) groups excluding carboxylic acids is 1. The molecule has 0 N–H and O–H groups in total. The number of hydrogen-bond donors (Lipinski definition) is 0. The number of sulfonamides is 1. The minimum Gasteiger partial charge on any atom is -0.493 e. The molecule has 1 aliphatic rings. The van der Waals surface area contributed by atoms with Crippen LogP contribution in [-0.4, -0.2) is 44.7 Å². The molecule has 0 radical (unpaired) electrons. The quantitative estimate of drug-likeness (QED) is 0.385. The fourth-order valence-corrected chi connectivity index (χ4v) is 6.00. The zero-order valence-electron chi connectivity index (χ0n) is 17.5. The summed E-state index contributed by atoms with van der Waals surface area (Å²) in [5, 5.41) is 1.83. The molecular formula is C21H24N2O5S3. The van der Waals surface area contributed by atoms with Crippen LogP contribution >= 0.6 is 23.1 Å². The first kappa shape index (κ1) is 23.4. The Morgan fingerprint density at radius 3 is 2.65 bits per heavy atom. The largest absolute Gasteiger partial charge is 0.493 e. The molecule has 10 heteroatoms. The maximum Gasteiger partial charge on any atom is 0.294 e. The number of thiophene rings is 1. The fraction of sp³-hybridized carbons (Fsp3) is 0.333. The molecule has 1 saturated heterocycles. The van der Waals surface area contributed by atoms with E-state index in [9.17, 15) is 13.2 Å². The number of methoxy groups -OCH3 is 1. The predicted molar refractivity (Wildman–Crippen MR) is 125 cm³/mol. The molecule has 1 amide bonds. The van der Waals surface area contributed by atoms with Crippen molar-refractivity contribution in [2.75, 3.05) is 20.3 Å². The molecule has 0 saturated carbocycles. The average molecular weight is 481 g/mol. The normalized spacial score (nSPS) is 17.0. The zero-order chi connectivity index (χ0) is 22.4. The molecular weight excluding hydrogens is 456 g/mol. The van der Waals surface area contributed by atoms with Crippen LogP contribution in [0.3, 0.4) is 0 Å². The predicted octanol–water partition coefficient (Wildman–Crippen LogP) is 4.62. The second-order valence-corrected chi connectivity index (χ2v) is 10.3. The Balaban J connectivity index is 1.90. The molecule has 31 heavy (non-hydrogen) atoms. The molecule has 7 nitrogen and oxygen atoms in total. The summed E-state index contributed by atoms with van der Waals surface area (Å²) in [5.41, 5.74) is 0.751. The van der Waals surface area contributed by atoms with Crippen LogP contribution in [0.25, 0.3) is 6.08 Å². The first-order chi connectivity index (χ1) is 14.9. The van der Waals surface area contributed by atoms with Crippen molar-refractivity contribution in [3.8, 4) is 11.5 Å². The van der Waals surface area contributed by atoms with Gasteiger partial charge in [0.25, 0.3) is 15.9 Å². The van der Waals surface area contributed by atoms with Gasteiger partial charge in [-0.05, 0) is 60.3 Å². The summed E-state index contributed by atoms with van der Waals surface area (Å²) in [6.07, 6.45) is 3.65. The third-order valence-corrected chi connectivity index (χ3v) is 8.15. The van der Waals surface area contributed by atoms with Gasteiger partial charge in [0.15, 0.2) is 16.7 Å². The maximum absolute atomic E-state index is 12.9. The van der Waals surface area contributed by atoms with Gasteiger partial charge in [-0.3, -0.25) is 9.69 Å². The van der Waals surface area contributed by atoms with Crippen LogP contribution in [0.2, 0.25) is 0 Å². The van der Waals surface area contributed by atoms with E-state index in [2.05, 4.69) is 11.3 Å². The summed E-state index contributed by atoms with van der Waals surface area (Å²) < 4.78 is 40.3. The van der Waals surface area contributed by atoms with Crippen LogP contribution in [0, 0.1) is 0 Å². The standard InChI is InChI=1S/C21H24N2O5S3/c1-4-6-11-28-17-13-15(9-10-16(17)27-3)14-18-20(24)23(5-2)21(30-18)22-31(25,26)19-8-7-12-29-19/h7-10,12-14H,4-6,11H2,1-3H3. The van der Waals surface area contributed by atoms with Gasteiger partial charge >= 0.3 is 0 Å².